The molecule has 134 valence electrons. The average molecular weight is 351 g/mol. The molecule has 1 aliphatic heterocycles. The Hall–Kier alpha value is -3.15. The van der Waals surface area contributed by atoms with Gasteiger partial charge in [0.2, 0.25) is 11.8 Å². The molecule has 1 aliphatic rings. The smallest absolute Gasteiger partial charge is 0.251 e. The van der Waals surface area contributed by atoms with Crippen LogP contribution in [0.1, 0.15) is 41.6 Å². The topological polar surface area (TPSA) is 87.3 Å². The standard InChI is InChI=1S/C20H21N3O3/c1-2-10-21-19(25)13-6-5-7-14(11-13)22-20(26)16-12-18(24)23-17-9-4-3-8-15(16)17/h3-9,11,16H,2,10,12H2,1H3,(H,21,25)(H,22,26)(H,23,24). The molecule has 0 aliphatic carbocycles. The van der Waals surface area contributed by atoms with Crippen LogP contribution < -0.4 is 16.0 Å². The van der Waals surface area contributed by atoms with Crippen LogP contribution >= 0.6 is 0 Å². The summed E-state index contributed by atoms with van der Waals surface area (Å²) in [7, 11) is 0. The molecule has 3 rings (SSSR count). The van der Waals surface area contributed by atoms with Crippen molar-refractivity contribution in [3.63, 3.8) is 0 Å². The Labute approximate surface area is 152 Å². The number of carbonyl (C=O) groups excluding carboxylic acids is 3. The molecule has 2 aromatic carbocycles. The van der Waals surface area contributed by atoms with Crippen LogP contribution in [0, 0.1) is 0 Å². The first-order chi connectivity index (χ1) is 12.6. The van der Waals surface area contributed by atoms with E-state index in [2.05, 4.69) is 16.0 Å². The maximum absolute atomic E-state index is 12.7. The van der Waals surface area contributed by atoms with Gasteiger partial charge in [0.05, 0.1) is 5.92 Å². The lowest BCUT2D eigenvalue weighted by atomic mass is 9.90. The maximum Gasteiger partial charge on any atom is 0.251 e. The minimum Gasteiger partial charge on any atom is -0.352 e. The summed E-state index contributed by atoms with van der Waals surface area (Å²) in [5.41, 5.74) is 2.47. The minimum atomic E-state index is -0.558. The molecule has 0 spiro atoms. The predicted octanol–water partition coefficient (Wildman–Crippen LogP) is 2.89. The minimum absolute atomic E-state index is 0.0967. The molecule has 0 aromatic heterocycles. The van der Waals surface area contributed by atoms with E-state index >= 15 is 0 Å². The van der Waals surface area contributed by atoms with Crippen LogP contribution in [0.2, 0.25) is 0 Å². The first-order valence-corrected chi connectivity index (χ1v) is 8.66. The molecule has 1 atom stereocenters. The second kappa shape index (κ2) is 7.82. The van der Waals surface area contributed by atoms with Crippen molar-refractivity contribution in [1.29, 1.82) is 0 Å². The Kier molecular flexibility index (Phi) is 5.31. The molecule has 1 unspecified atom stereocenters. The molecule has 0 saturated heterocycles. The van der Waals surface area contributed by atoms with E-state index in [-0.39, 0.29) is 24.1 Å². The van der Waals surface area contributed by atoms with E-state index in [1.807, 2.05) is 25.1 Å². The summed E-state index contributed by atoms with van der Waals surface area (Å²) < 4.78 is 0. The predicted molar refractivity (Wildman–Crippen MR) is 100 cm³/mol. The van der Waals surface area contributed by atoms with Gasteiger partial charge in [-0.15, -0.1) is 0 Å². The van der Waals surface area contributed by atoms with Crippen molar-refractivity contribution in [2.24, 2.45) is 0 Å². The van der Waals surface area contributed by atoms with Crippen molar-refractivity contribution < 1.29 is 14.4 Å². The van der Waals surface area contributed by atoms with Crippen molar-refractivity contribution >= 4 is 29.1 Å². The summed E-state index contributed by atoms with van der Waals surface area (Å²) in [6, 6.07) is 14.1. The Morgan fingerprint density at radius 2 is 1.96 bits per heavy atom. The Balaban J connectivity index is 1.76. The highest BCUT2D eigenvalue weighted by molar-refractivity contribution is 6.05. The van der Waals surface area contributed by atoms with E-state index in [9.17, 15) is 14.4 Å². The summed E-state index contributed by atoms with van der Waals surface area (Å²) in [6.45, 7) is 2.58. The third-order valence-electron chi connectivity index (χ3n) is 4.24. The summed E-state index contributed by atoms with van der Waals surface area (Å²) in [4.78, 5) is 36.7. The lowest BCUT2D eigenvalue weighted by Gasteiger charge is -2.24. The van der Waals surface area contributed by atoms with Crippen LogP contribution in [0.4, 0.5) is 11.4 Å². The molecule has 0 bridgehead atoms. The quantitative estimate of drug-likeness (QED) is 0.774. The van der Waals surface area contributed by atoms with Gasteiger partial charge in [-0.3, -0.25) is 14.4 Å². The van der Waals surface area contributed by atoms with Crippen LogP contribution in [0.25, 0.3) is 0 Å². The molecule has 3 amide bonds. The zero-order valence-corrected chi connectivity index (χ0v) is 14.5. The number of hydrogen-bond donors (Lipinski definition) is 3. The van der Waals surface area contributed by atoms with Gasteiger partial charge in [0, 0.05) is 29.9 Å². The van der Waals surface area contributed by atoms with E-state index in [1.165, 1.54) is 0 Å². The number of benzene rings is 2. The highest BCUT2D eigenvalue weighted by atomic mass is 16.2. The van der Waals surface area contributed by atoms with Gasteiger partial charge in [-0.25, -0.2) is 0 Å². The fourth-order valence-electron chi connectivity index (χ4n) is 2.95. The molecule has 26 heavy (non-hydrogen) atoms. The number of amides is 3. The number of carbonyl (C=O) groups is 3. The van der Waals surface area contributed by atoms with E-state index in [0.29, 0.717) is 23.5 Å². The lowest BCUT2D eigenvalue weighted by molar-refractivity contribution is -0.123. The summed E-state index contributed by atoms with van der Waals surface area (Å²) >= 11 is 0. The van der Waals surface area contributed by atoms with E-state index in [1.54, 1.807) is 30.3 Å². The van der Waals surface area contributed by atoms with Gasteiger partial charge in [0.15, 0.2) is 0 Å². The highest BCUT2D eigenvalue weighted by Crippen LogP contribution is 2.32. The van der Waals surface area contributed by atoms with Gasteiger partial charge in [-0.1, -0.05) is 31.2 Å². The largest absolute Gasteiger partial charge is 0.352 e. The van der Waals surface area contributed by atoms with Crippen LogP contribution in [-0.2, 0) is 9.59 Å². The summed E-state index contributed by atoms with van der Waals surface area (Å²) in [5, 5.41) is 8.41. The Bertz CT molecular complexity index is 848. The Morgan fingerprint density at radius 3 is 2.77 bits per heavy atom. The molecule has 2 aromatic rings. The fourth-order valence-corrected chi connectivity index (χ4v) is 2.95. The molecular weight excluding hydrogens is 330 g/mol. The van der Waals surface area contributed by atoms with Gasteiger partial charge < -0.3 is 16.0 Å². The van der Waals surface area contributed by atoms with Crippen molar-refractivity contribution in [1.82, 2.24) is 5.32 Å². The second-order valence-electron chi connectivity index (χ2n) is 6.22. The summed E-state index contributed by atoms with van der Waals surface area (Å²) in [5.74, 6) is -1.18. The number of para-hydroxylation sites is 1. The third-order valence-corrected chi connectivity index (χ3v) is 4.24. The zero-order chi connectivity index (χ0) is 18.5. The highest BCUT2D eigenvalue weighted by Gasteiger charge is 2.30. The van der Waals surface area contributed by atoms with E-state index in [0.717, 1.165) is 12.0 Å². The van der Waals surface area contributed by atoms with Crippen molar-refractivity contribution in [3.05, 3.63) is 59.7 Å². The fraction of sp³-hybridized carbons (Fsp3) is 0.250. The first-order valence-electron chi connectivity index (χ1n) is 8.66. The maximum atomic E-state index is 12.7. The van der Waals surface area contributed by atoms with Gasteiger partial charge >= 0.3 is 0 Å². The second-order valence-corrected chi connectivity index (χ2v) is 6.22. The average Bonchev–Trinajstić information content (AvgIpc) is 2.65. The van der Waals surface area contributed by atoms with Crippen molar-refractivity contribution in [3.8, 4) is 0 Å². The lowest BCUT2D eigenvalue weighted by Crippen LogP contribution is -2.30. The Morgan fingerprint density at radius 1 is 1.15 bits per heavy atom. The number of nitrogens with one attached hydrogen (secondary N) is 3. The molecule has 6 nitrogen and oxygen atoms in total. The number of anilines is 2. The molecule has 1 heterocycles. The van der Waals surface area contributed by atoms with Gasteiger partial charge in [0.1, 0.15) is 0 Å². The number of fused-ring (bicyclic) bond motifs is 1. The third kappa shape index (κ3) is 3.91. The molecule has 0 saturated carbocycles. The van der Waals surface area contributed by atoms with E-state index < -0.39 is 5.92 Å². The molecule has 6 heteroatoms. The van der Waals surface area contributed by atoms with Crippen LogP contribution in [-0.4, -0.2) is 24.3 Å². The number of rotatable bonds is 5. The van der Waals surface area contributed by atoms with Crippen LogP contribution in [0.3, 0.4) is 0 Å². The monoisotopic (exact) mass is 351 g/mol. The van der Waals surface area contributed by atoms with E-state index in [4.69, 9.17) is 0 Å². The van der Waals surface area contributed by atoms with Gasteiger partial charge in [0.25, 0.3) is 5.91 Å². The zero-order valence-electron chi connectivity index (χ0n) is 14.5. The summed E-state index contributed by atoms with van der Waals surface area (Å²) in [6.07, 6.45) is 0.949. The number of hydrogen-bond acceptors (Lipinski definition) is 3. The SMILES string of the molecule is CCCNC(=O)c1cccc(NC(=O)C2CC(=O)Nc3ccccc32)c1. The molecule has 0 radical (unpaired) electrons. The molecule has 3 N–H and O–H groups in total. The van der Waals surface area contributed by atoms with Crippen LogP contribution in [0.5, 0.6) is 0 Å². The van der Waals surface area contributed by atoms with Crippen molar-refractivity contribution in [2.75, 3.05) is 17.2 Å². The van der Waals surface area contributed by atoms with Gasteiger partial charge in [-0.05, 0) is 36.2 Å². The van der Waals surface area contributed by atoms with Gasteiger partial charge in [-0.2, -0.15) is 0 Å². The van der Waals surface area contributed by atoms with Crippen LogP contribution in [0.15, 0.2) is 48.5 Å². The molecular formula is C20H21N3O3. The molecule has 0 fully saturated rings. The first kappa shape index (κ1) is 17.7. The normalized spacial score (nSPS) is 15.6. The van der Waals surface area contributed by atoms with Crippen molar-refractivity contribution in [2.45, 2.75) is 25.7 Å².